The van der Waals surface area contributed by atoms with E-state index in [0.29, 0.717) is 5.15 Å². The molecular weight excluding hydrogens is 281 g/mol. The van der Waals surface area contributed by atoms with Crippen LogP contribution >= 0.6 is 23.2 Å². The Morgan fingerprint density at radius 3 is 2.37 bits per heavy atom. The predicted molar refractivity (Wildman–Crippen MR) is 78.8 cm³/mol. The molecule has 0 saturated heterocycles. The third-order valence-electron chi connectivity index (χ3n) is 2.96. The van der Waals surface area contributed by atoms with Crippen LogP contribution in [0.2, 0.25) is 10.2 Å². The summed E-state index contributed by atoms with van der Waals surface area (Å²) in [7, 11) is 2.03. The minimum atomic E-state index is 0.202. The molecule has 5 heteroatoms. The van der Waals surface area contributed by atoms with Crippen LogP contribution in [0.5, 0.6) is 0 Å². The van der Waals surface area contributed by atoms with Gasteiger partial charge in [-0.25, -0.2) is 9.99 Å². The van der Waals surface area contributed by atoms with Crippen LogP contribution in [-0.2, 0) is 0 Å². The standard InChI is InChI=1S/C14H15Cl2N3/c1-10(11-3-5-12(15)6-4-11)18-19(2)13-7-8-14(16)17-9-13/h3-10,18H,1-2H3/p+1. The first-order valence-electron chi connectivity index (χ1n) is 6.04. The molecule has 0 spiro atoms. The van der Waals surface area contributed by atoms with Gasteiger partial charge in [0.25, 0.3) is 0 Å². The van der Waals surface area contributed by atoms with Gasteiger partial charge in [0, 0.05) is 11.1 Å². The van der Waals surface area contributed by atoms with E-state index in [1.54, 1.807) is 12.3 Å². The summed E-state index contributed by atoms with van der Waals surface area (Å²) >= 11 is 11.7. The highest BCUT2D eigenvalue weighted by atomic mass is 35.5. The van der Waals surface area contributed by atoms with Crippen LogP contribution in [0, 0.1) is 0 Å². The van der Waals surface area contributed by atoms with Gasteiger partial charge in [0.1, 0.15) is 5.15 Å². The van der Waals surface area contributed by atoms with Gasteiger partial charge in [-0.05, 0) is 30.7 Å². The Bertz CT molecular complexity index is 476. The molecule has 0 aliphatic heterocycles. The third kappa shape index (κ3) is 3.91. The van der Waals surface area contributed by atoms with Crippen LogP contribution in [0.1, 0.15) is 18.5 Å². The Labute approximate surface area is 123 Å². The highest BCUT2D eigenvalue weighted by molar-refractivity contribution is 6.30. The van der Waals surface area contributed by atoms with Gasteiger partial charge in [-0.3, -0.25) is 0 Å². The van der Waals surface area contributed by atoms with Crippen LogP contribution in [0.3, 0.4) is 0 Å². The first-order chi connectivity index (χ1) is 9.06. The maximum Gasteiger partial charge on any atom is 0.168 e. The van der Waals surface area contributed by atoms with Crippen LogP contribution in [0.25, 0.3) is 0 Å². The van der Waals surface area contributed by atoms with Gasteiger partial charge in [0.15, 0.2) is 5.69 Å². The van der Waals surface area contributed by atoms with E-state index >= 15 is 0 Å². The second kappa shape index (κ2) is 6.35. The molecule has 1 aromatic carbocycles. The van der Waals surface area contributed by atoms with E-state index in [1.165, 1.54) is 5.56 Å². The summed E-state index contributed by atoms with van der Waals surface area (Å²) in [5.74, 6) is 0. The van der Waals surface area contributed by atoms with E-state index in [0.717, 1.165) is 15.7 Å². The van der Waals surface area contributed by atoms with E-state index in [4.69, 9.17) is 23.2 Å². The maximum atomic E-state index is 5.89. The van der Waals surface area contributed by atoms with Crippen LogP contribution in [0.4, 0.5) is 5.69 Å². The van der Waals surface area contributed by atoms with Gasteiger partial charge in [-0.15, -0.1) is 0 Å². The number of quaternary nitrogens is 1. The molecule has 3 nitrogen and oxygen atoms in total. The smallest absolute Gasteiger partial charge is 0.168 e. The summed E-state index contributed by atoms with van der Waals surface area (Å²) in [6, 6.07) is 11.8. The third-order valence-corrected chi connectivity index (χ3v) is 3.44. The highest BCUT2D eigenvalue weighted by Gasteiger charge is 2.13. The van der Waals surface area contributed by atoms with Gasteiger partial charge in [-0.1, -0.05) is 35.3 Å². The Hall–Kier alpha value is -1.13. The average molecular weight is 297 g/mol. The lowest BCUT2D eigenvalue weighted by Gasteiger charge is -2.19. The molecule has 0 aliphatic carbocycles. The monoisotopic (exact) mass is 296 g/mol. The number of rotatable bonds is 4. The molecule has 1 heterocycles. The molecule has 100 valence electrons. The molecule has 0 radical (unpaired) electrons. The van der Waals surface area contributed by atoms with Gasteiger partial charge in [0.05, 0.1) is 19.3 Å². The van der Waals surface area contributed by atoms with Gasteiger partial charge in [-0.2, -0.15) is 5.43 Å². The Balaban J connectivity index is 2.03. The molecular formula is C14H16Cl2N3+. The zero-order chi connectivity index (χ0) is 13.8. The summed E-state index contributed by atoms with van der Waals surface area (Å²) in [5.41, 5.74) is 5.66. The zero-order valence-corrected chi connectivity index (χ0v) is 12.3. The number of benzene rings is 1. The van der Waals surface area contributed by atoms with E-state index < -0.39 is 0 Å². The minimum absolute atomic E-state index is 0.202. The number of hydrogen-bond acceptors (Lipinski definition) is 2. The molecule has 0 bridgehead atoms. The molecule has 0 amide bonds. The molecule has 2 N–H and O–H groups in total. The molecule has 2 unspecified atom stereocenters. The van der Waals surface area contributed by atoms with Gasteiger partial charge >= 0.3 is 0 Å². The van der Waals surface area contributed by atoms with Gasteiger partial charge < -0.3 is 0 Å². The topological polar surface area (TPSA) is 29.4 Å². The lowest BCUT2D eigenvalue weighted by atomic mass is 10.1. The summed E-state index contributed by atoms with van der Waals surface area (Å²) in [5, 5.41) is 2.31. The van der Waals surface area contributed by atoms with Crippen molar-refractivity contribution in [2.75, 3.05) is 7.05 Å². The molecule has 2 atom stereocenters. The normalized spacial score (nSPS) is 14.1. The molecule has 0 aliphatic rings. The van der Waals surface area contributed by atoms with E-state index in [-0.39, 0.29) is 6.04 Å². The van der Waals surface area contributed by atoms with Crippen LogP contribution < -0.4 is 10.4 Å². The van der Waals surface area contributed by atoms with Crippen molar-refractivity contribution in [2.24, 2.45) is 0 Å². The van der Waals surface area contributed by atoms with Crippen LogP contribution in [0.15, 0.2) is 42.6 Å². The number of nitrogens with one attached hydrogen (secondary N) is 2. The van der Waals surface area contributed by atoms with Crippen molar-refractivity contribution in [1.29, 1.82) is 0 Å². The largest absolute Gasteiger partial charge is 0.238 e. The lowest BCUT2D eigenvalue weighted by Crippen LogP contribution is -3.11. The number of nitrogens with zero attached hydrogens (tertiary/aromatic N) is 1. The highest BCUT2D eigenvalue weighted by Crippen LogP contribution is 2.15. The number of halogens is 2. The Kier molecular flexibility index (Phi) is 4.77. The van der Waals surface area contributed by atoms with E-state index in [2.05, 4.69) is 17.3 Å². The first kappa shape index (κ1) is 14.3. The fourth-order valence-corrected chi connectivity index (χ4v) is 2.08. The quantitative estimate of drug-likeness (QED) is 0.671. The summed E-state index contributed by atoms with van der Waals surface area (Å²) < 4.78 is 0. The number of hydrogen-bond donors (Lipinski definition) is 2. The van der Waals surface area contributed by atoms with Crippen molar-refractivity contribution in [3.8, 4) is 0 Å². The number of pyridine rings is 1. The van der Waals surface area contributed by atoms with Crippen molar-refractivity contribution in [1.82, 2.24) is 10.4 Å². The zero-order valence-electron chi connectivity index (χ0n) is 10.8. The van der Waals surface area contributed by atoms with Crippen molar-refractivity contribution in [3.05, 3.63) is 58.3 Å². The maximum absolute atomic E-state index is 5.89. The average Bonchev–Trinajstić information content (AvgIpc) is 2.40. The van der Waals surface area contributed by atoms with Crippen LogP contribution in [-0.4, -0.2) is 12.0 Å². The molecule has 2 rings (SSSR count). The summed E-state index contributed by atoms with van der Waals surface area (Å²) in [4.78, 5) is 4.08. The SMILES string of the molecule is CC(N[NH+](C)c1ccc(Cl)nc1)c1ccc(Cl)cc1. The molecule has 19 heavy (non-hydrogen) atoms. The summed E-state index contributed by atoms with van der Waals surface area (Å²) in [6.45, 7) is 2.11. The first-order valence-corrected chi connectivity index (χ1v) is 6.79. The summed E-state index contributed by atoms with van der Waals surface area (Å²) in [6.07, 6.45) is 1.76. The molecule has 2 aromatic rings. The van der Waals surface area contributed by atoms with E-state index in [9.17, 15) is 0 Å². The fraction of sp³-hybridized carbons (Fsp3) is 0.214. The van der Waals surface area contributed by atoms with Crippen molar-refractivity contribution in [2.45, 2.75) is 13.0 Å². The lowest BCUT2D eigenvalue weighted by molar-refractivity contribution is -0.865. The Morgan fingerprint density at radius 1 is 1.11 bits per heavy atom. The molecule has 1 aromatic heterocycles. The predicted octanol–water partition coefficient (Wildman–Crippen LogP) is 2.80. The second-order valence-corrected chi connectivity index (χ2v) is 5.24. The second-order valence-electron chi connectivity index (χ2n) is 4.41. The van der Waals surface area contributed by atoms with Crippen molar-refractivity contribution in [3.63, 3.8) is 0 Å². The van der Waals surface area contributed by atoms with Crippen molar-refractivity contribution < 1.29 is 5.01 Å². The Morgan fingerprint density at radius 2 is 1.79 bits per heavy atom. The van der Waals surface area contributed by atoms with Gasteiger partial charge in [0.2, 0.25) is 0 Å². The molecule has 0 fully saturated rings. The molecule has 0 saturated carbocycles. The van der Waals surface area contributed by atoms with Crippen molar-refractivity contribution >= 4 is 28.9 Å². The fourth-order valence-electron chi connectivity index (χ4n) is 1.84. The minimum Gasteiger partial charge on any atom is -0.238 e. The number of aromatic nitrogens is 1. The van der Waals surface area contributed by atoms with E-state index in [1.807, 2.05) is 37.4 Å².